The predicted molar refractivity (Wildman–Crippen MR) is 334 cm³/mol. The molecule has 19 N–H and O–H groups in total. The average Bonchev–Trinajstić information content (AvgIpc) is 0.768. The molecule has 0 bridgehead atoms. The highest BCUT2D eigenvalue weighted by atomic mass is 16.8. The van der Waals surface area contributed by atoms with Gasteiger partial charge in [0.05, 0.1) is 24.4 Å². The van der Waals surface area contributed by atoms with E-state index in [4.69, 9.17) is 75.8 Å². The molecule has 40 unspecified atom stereocenters. The van der Waals surface area contributed by atoms with Crippen molar-refractivity contribution in [3.63, 3.8) is 0 Å². The number of hydrogen-bond acceptors (Lipinski definition) is 37. The molecule has 40 atom stereocenters. The van der Waals surface area contributed by atoms with Gasteiger partial charge < -0.3 is 183 Å². The van der Waals surface area contributed by atoms with Crippen molar-refractivity contribution in [1.82, 2.24) is 21.3 Å². The third-order valence-electron chi connectivity index (χ3n) is 19.1. The molecule has 1 aromatic carbocycles. The number of aliphatic hydroxyl groups excluding tert-OH is 13. The van der Waals surface area contributed by atoms with Crippen LogP contribution in [0.1, 0.15) is 61.0 Å². The molecule has 8 aliphatic heterocycles. The van der Waals surface area contributed by atoms with E-state index < -0.39 is 281 Å². The molecule has 598 valence electrons. The van der Waals surface area contributed by atoms with Gasteiger partial charge in [0, 0.05) is 27.7 Å². The summed E-state index contributed by atoms with van der Waals surface area (Å²) < 4.78 is 93.1. The summed E-state index contributed by atoms with van der Waals surface area (Å²) in [7, 11) is 0. The van der Waals surface area contributed by atoms with Gasteiger partial charge in [0.25, 0.3) is 0 Å². The number of aliphatic hydroxyl groups is 13. The maximum atomic E-state index is 13.0. The van der Waals surface area contributed by atoms with Crippen molar-refractivity contribution in [2.75, 3.05) is 0 Å². The molecule has 43 nitrogen and oxygen atoms in total. The van der Waals surface area contributed by atoms with E-state index >= 15 is 0 Å². The first-order chi connectivity index (χ1) is 49.8. The van der Waals surface area contributed by atoms with Gasteiger partial charge >= 0.3 is 11.9 Å². The summed E-state index contributed by atoms with van der Waals surface area (Å²) in [5.74, 6) is -6.78. The molecule has 0 spiro atoms. The van der Waals surface area contributed by atoms with Crippen LogP contribution < -0.4 is 26.0 Å². The maximum Gasteiger partial charge on any atom is 0.335 e. The second-order valence-electron chi connectivity index (χ2n) is 27.0. The fraction of sp³-hybridized carbons (Fsp3) is 0.778. The molecule has 8 heterocycles. The number of ether oxygens (including phenoxy) is 16. The van der Waals surface area contributed by atoms with Gasteiger partial charge in [0.2, 0.25) is 29.9 Å². The van der Waals surface area contributed by atoms with Crippen molar-refractivity contribution in [3.05, 3.63) is 29.8 Å². The van der Waals surface area contributed by atoms with E-state index in [-0.39, 0.29) is 18.3 Å². The standard InChI is InChI=1S/C63H92N4O39/c1-16-10-12-25(13-11-16)95-60-41(83)37(79)48(26(14-68)96-60)101-57-29(65-22(7)71)34(76)46(19(4)92-57)100-63-44(86)40(82)51(53(106-63)55(89)90)104-59-31(67-24(9)73)36(78)45(18(3)94-59)98-61-42(84)38(80)49(27(15-69)97-61)102-58-30(66-23(8)72)35(77)47(20(5)93-58)99-62-43(85)39(81)50(52(105-62)54(87)88)103-56-28(64-21(6)70)33(75)32(74)17(2)91-56/h10-15,17-20,26-53,56-63,74-86H,1-9H3,(H,64,70)(H,65,71)(H,66,72)(H,67,73)(H,87,88)(H,89,90). The van der Waals surface area contributed by atoms with Crippen molar-refractivity contribution in [1.29, 1.82) is 0 Å². The quantitative estimate of drug-likeness (QED) is 0.0427. The first-order valence-corrected chi connectivity index (χ1v) is 33.7. The second kappa shape index (κ2) is 35.4. The van der Waals surface area contributed by atoms with Gasteiger partial charge in [-0.2, -0.15) is 0 Å². The van der Waals surface area contributed by atoms with Crippen molar-refractivity contribution in [2.24, 2.45) is 0 Å². The van der Waals surface area contributed by atoms with Crippen molar-refractivity contribution in [3.8, 4) is 5.75 Å². The lowest BCUT2D eigenvalue weighted by Gasteiger charge is -2.50. The maximum absolute atomic E-state index is 13.0. The molecule has 8 fully saturated rings. The van der Waals surface area contributed by atoms with Gasteiger partial charge in [-0.3, -0.25) is 19.2 Å². The minimum absolute atomic E-state index is 0.0764. The topological polar surface area (TPSA) is 636 Å². The highest BCUT2D eigenvalue weighted by Crippen LogP contribution is 2.39. The number of aliphatic carboxylic acids is 2. The monoisotopic (exact) mass is 1530 g/mol. The first kappa shape index (κ1) is 84.1. The number of aryl methyl sites for hydroxylation is 1. The molecule has 8 aliphatic rings. The van der Waals surface area contributed by atoms with Gasteiger partial charge in [-0.05, 0) is 46.8 Å². The molecule has 43 heteroatoms. The van der Waals surface area contributed by atoms with Gasteiger partial charge in [-0.15, -0.1) is 0 Å². The third kappa shape index (κ3) is 18.4. The molecule has 9 rings (SSSR count). The largest absolute Gasteiger partial charge is 0.479 e. The Labute approximate surface area is 601 Å². The minimum atomic E-state index is -2.35. The van der Waals surface area contributed by atoms with Crippen LogP contribution in [0.4, 0.5) is 0 Å². The Hall–Kier alpha value is -5.94. The van der Waals surface area contributed by atoms with E-state index in [0.717, 1.165) is 33.3 Å². The summed E-state index contributed by atoms with van der Waals surface area (Å²) in [5, 5.41) is 179. The number of aldehydes is 2. The van der Waals surface area contributed by atoms with Crippen LogP contribution in [-0.4, -0.2) is 370 Å². The molecule has 106 heavy (non-hydrogen) atoms. The number of amides is 4. The Balaban J connectivity index is 0.828. The molecule has 0 aliphatic carbocycles. The van der Waals surface area contributed by atoms with Crippen LogP contribution in [-0.2, 0) is 109 Å². The van der Waals surface area contributed by atoms with Crippen LogP contribution in [0.15, 0.2) is 24.3 Å². The van der Waals surface area contributed by atoms with Crippen LogP contribution in [0.25, 0.3) is 0 Å². The lowest BCUT2D eigenvalue weighted by atomic mass is 9.94. The zero-order chi connectivity index (χ0) is 78.1. The third-order valence-corrected chi connectivity index (χ3v) is 19.1. The van der Waals surface area contributed by atoms with Crippen LogP contribution in [0.5, 0.6) is 5.75 Å². The van der Waals surface area contributed by atoms with E-state index in [0.29, 0.717) is 0 Å². The highest BCUT2D eigenvalue weighted by molar-refractivity contribution is 5.75. The van der Waals surface area contributed by atoms with Crippen molar-refractivity contribution in [2.45, 2.75) is 308 Å². The second-order valence-corrected chi connectivity index (χ2v) is 27.0. The fourth-order valence-corrected chi connectivity index (χ4v) is 13.6. The smallest absolute Gasteiger partial charge is 0.335 e. The predicted octanol–water partition coefficient (Wildman–Crippen LogP) is -10.8. The number of benzene rings is 1. The first-order valence-electron chi connectivity index (χ1n) is 33.7. The summed E-state index contributed by atoms with van der Waals surface area (Å²) in [6, 6.07) is -0.345. The molecule has 0 aromatic heterocycles. The number of carboxylic acids is 2. The van der Waals surface area contributed by atoms with Crippen LogP contribution in [0.3, 0.4) is 0 Å². The van der Waals surface area contributed by atoms with Gasteiger partial charge in [0.1, 0.15) is 164 Å². The highest BCUT2D eigenvalue weighted by Gasteiger charge is 2.61. The summed E-state index contributed by atoms with van der Waals surface area (Å²) in [6.07, 6.45) is -68.9. The molecule has 0 saturated carbocycles. The summed E-state index contributed by atoms with van der Waals surface area (Å²) in [5.41, 5.74) is 0.873. The normalized spacial score (nSPS) is 46.4. The summed E-state index contributed by atoms with van der Waals surface area (Å²) in [4.78, 5) is 101. The zero-order valence-corrected chi connectivity index (χ0v) is 58.1. The number of carbonyl (C=O) groups is 8. The molecular weight excluding hydrogens is 1440 g/mol. The number of rotatable bonds is 24. The molecule has 0 radical (unpaired) electrons. The lowest BCUT2D eigenvalue weighted by Crippen LogP contribution is -2.70. The van der Waals surface area contributed by atoms with Crippen molar-refractivity contribution >= 4 is 48.1 Å². The van der Waals surface area contributed by atoms with Gasteiger partial charge in [0.15, 0.2) is 68.8 Å². The van der Waals surface area contributed by atoms with E-state index in [1.807, 2.05) is 6.92 Å². The van der Waals surface area contributed by atoms with Crippen LogP contribution in [0, 0.1) is 6.92 Å². The Morgan fingerprint density at radius 2 is 0.604 bits per heavy atom. The van der Waals surface area contributed by atoms with E-state index in [9.17, 15) is 115 Å². The van der Waals surface area contributed by atoms with Crippen LogP contribution >= 0.6 is 0 Å². The Morgan fingerprint density at radius 3 is 0.925 bits per heavy atom. The summed E-state index contributed by atoms with van der Waals surface area (Å²) >= 11 is 0. The number of hydrogen-bond donors (Lipinski definition) is 19. The summed E-state index contributed by atoms with van der Waals surface area (Å²) in [6.45, 7) is 10.9. The fourth-order valence-electron chi connectivity index (χ4n) is 13.6. The Bertz CT molecular complexity index is 3190. The lowest BCUT2D eigenvalue weighted by molar-refractivity contribution is -0.377. The Kier molecular flexibility index (Phi) is 28.1. The Morgan fingerprint density at radius 1 is 0.330 bits per heavy atom. The number of carbonyl (C=O) groups excluding carboxylic acids is 6. The molecule has 4 amide bonds. The van der Waals surface area contributed by atoms with Gasteiger partial charge in [-0.1, -0.05) is 17.7 Å². The minimum Gasteiger partial charge on any atom is -0.479 e. The van der Waals surface area contributed by atoms with Crippen LogP contribution in [0.2, 0.25) is 0 Å². The SMILES string of the molecule is CC(=O)NC1C(OC2C(C(=O)O)OC(OC3C(C)OC(OC4C(C=O)OC(OC5C(C)OC(OC6C(C(=O)O)OC(OC7C(C)OC(OC8C(C=O)OC(Oc9ccc(C)cc9)C(O)C8O)C(NC(C)=O)C7O)C(O)C6O)C(NC(C)=O)C5O)C(O)C4O)C(NC(C)=O)C3O)C(O)C2O)OC(C)C(O)C1O. The number of carboxylic acid groups (broad SMARTS) is 2. The molecule has 1 aromatic rings. The van der Waals surface area contributed by atoms with Crippen molar-refractivity contribution < 1.29 is 191 Å². The van der Waals surface area contributed by atoms with E-state index in [1.54, 1.807) is 24.3 Å². The zero-order valence-electron chi connectivity index (χ0n) is 58.1. The van der Waals surface area contributed by atoms with E-state index in [1.165, 1.54) is 27.7 Å². The molecular formula is C63H92N4O39. The molecule has 8 saturated heterocycles. The van der Waals surface area contributed by atoms with Gasteiger partial charge in [-0.25, -0.2) is 9.59 Å². The van der Waals surface area contributed by atoms with E-state index in [2.05, 4.69) is 21.3 Å². The average molecular weight is 1530 g/mol. The number of nitrogens with one attached hydrogen (secondary N) is 4.